The summed E-state index contributed by atoms with van der Waals surface area (Å²) in [5.74, 6) is 0.625. The maximum atomic E-state index is 12.6. The van der Waals surface area contributed by atoms with Crippen LogP contribution < -0.4 is 10.3 Å². The Bertz CT molecular complexity index is 1330. The van der Waals surface area contributed by atoms with Crippen LogP contribution in [0.15, 0.2) is 29.6 Å². The fourth-order valence-corrected chi connectivity index (χ4v) is 5.88. The second-order valence-corrected chi connectivity index (χ2v) is 11.0. The third-order valence-electron chi connectivity index (χ3n) is 7.64. The number of anilines is 1. The summed E-state index contributed by atoms with van der Waals surface area (Å²) < 4.78 is 6.13. The number of nitrogens with one attached hydrogen (secondary N) is 1. The van der Waals surface area contributed by atoms with Gasteiger partial charge in [-0.2, -0.15) is 5.26 Å². The fourth-order valence-electron chi connectivity index (χ4n) is 5.88. The Hall–Kier alpha value is -3.44. The Balaban J connectivity index is 1.60. The SMILES string of the molecule is C=CC(=O)N1CC2(CCN(c3nc4c(c(-c5cc(=O)cc(CCC)[nH]5)c3C#N)COC(C)(C)C4)C2)C1. The van der Waals surface area contributed by atoms with Gasteiger partial charge in [0.1, 0.15) is 17.5 Å². The van der Waals surface area contributed by atoms with Crippen molar-refractivity contribution in [1.82, 2.24) is 14.9 Å². The minimum absolute atomic E-state index is 0.0148. The summed E-state index contributed by atoms with van der Waals surface area (Å²) in [4.78, 5) is 37.1. The van der Waals surface area contributed by atoms with Crippen molar-refractivity contribution < 1.29 is 9.53 Å². The summed E-state index contributed by atoms with van der Waals surface area (Å²) in [5, 5.41) is 10.4. The number of rotatable bonds is 5. The molecule has 1 N–H and O–H groups in total. The third kappa shape index (κ3) is 4.22. The van der Waals surface area contributed by atoms with E-state index in [0.29, 0.717) is 43.2 Å². The number of nitrogens with zero attached hydrogens (tertiary/aromatic N) is 4. The lowest BCUT2D eigenvalue weighted by molar-refractivity contribution is -0.136. The molecule has 1 spiro atoms. The van der Waals surface area contributed by atoms with Gasteiger partial charge in [0.25, 0.3) is 0 Å². The van der Waals surface area contributed by atoms with E-state index in [1.165, 1.54) is 6.08 Å². The summed E-state index contributed by atoms with van der Waals surface area (Å²) in [6.07, 6.45) is 4.58. The predicted molar refractivity (Wildman–Crippen MR) is 138 cm³/mol. The highest BCUT2D eigenvalue weighted by molar-refractivity contribution is 5.88. The van der Waals surface area contributed by atoms with E-state index >= 15 is 0 Å². The number of carbonyl (C=O) groups is 1. The molecule has 8 nitrogen and oxygen atoms in total. The van der Waals surface area contributed by atoms with Gasteiger partial charge in [0.15, 0.2) is 5.43 Å². The van der Waals surface area contributed by atoms with Gasteiger partial charge in [-0.3, -0.25) is 9.59 Å². The first kappa shape index (κ1) is 24.3. The number of pyridine rings is 2. The molecule has 2 fully saturated rings. The summed E-state index contributed by atoms with van der Waals surface area (Å²) in [7, 11) is 0. The van der Waals surface area contributed by atoms with Crippen LogP contribution in [-0.4, -0.2) is 52.6 Å². The number of carbonyl (C=O) groups excluding carboxylic acids is 1. The van der Waals surface area contributed by atoms with Gasteiger partial charge in [-0.05, 0) is 32.8 Å². The van der Waals surface area contributed by atoms with Crippen LogP contribution in [0.1, 0.15) is 56.1 Å². The van der Waals surface area contributed by atoms with E-state index in [-0.39, 0.29) is 22.4 Å². The minimum atomic E-state index is -0.369. The number of aryl methyl sites for hydroxylation is 1. The summed E-state index contributed by atoms with van der Waals surface area (Å²) in [6.45, 7) is 13.0. The number of fused-ring (bicyclic) bond motifs is 1. The average molecular weight is 488 g/mol. The van der Waals surface area contributed by atoms with E-state index in [1.807, 2.05) is 18.7 Å². The zero-order valence-electron chi connectivity index (χ0n) is 21.3. The van der Waals surface area contributed by atoms with Crippen LogP contribution in [0.25, 0.3) is 11.3 Å². The standard InChI is InChI=1S/C28H33N5O3/c1-5-7-18-10-19(34)11-22(30-18)25-20(13-29)26(31-23-12-27(3,4)36-14-21(23)25)32-9-8-28(15-32)16-33(17-28)24(35)6-2/h6,10-11H,2,5,7-9,12,14-17H2,1,3-4H3,(H,30,34). The van der Waals surface area contributed by atoms with Gasteiger partial charge in [-0.15, -0.1) is 0 Å². The molecule has 2 aromatic rings. The summed E-state index contributed by atoms with van der Waals surface area (Å²) in [6, 6.07) is 5.63. The van der Waals surface area contributed by atoms with Crippen molar-refractivity contribution in [3.05, 3.63) is 57.5 Å². The van der Waals surface area contributed by atoms with Gasteiger partial charge in [-0.1, -0.05) is 19.9 Å². The maximum absolute atomic E-state index is 12.6. The van der Waals surface area contributed by atoms with Gasteiger partial charge in [0.2, 0.25) is 5.91 Å². The smallest absolute Gasteiger partial charge is 0.245 e. The van der Waals surface area contributed by atoms with Gasteiger partial charge < -0.3 is 19.5 Å². The van der Waals surface area contributed by atoms with Crippen LogP contribution in [0, 0.1) is 16.7 Å². The molecule has 3 aliphatic rings. The maximum Gasteiger partial charge on any atom is 0.245 e. The molecule has 5 heterocycles. The fraction of sp³-hybridized carbons (Fsp3) is 0.500. The molecule has 0 unspecified atom stereocenters. The number of amides is 1. The topological polar surface area (TPSA) is 102 Å². The molecule has 0 atom stereocenters. The van der Waals surface area contributed by atoms with Crippen molar-refractivity contribution >= 4 is 11.7 Å². The monoisotopic (exact) mass is 487 g/mol. The number of ether oxygens (including phenoxy) is 1. The normalized spacial score (nSPS) is 19.5. The van der Waals surface area contributed by atoms with Crippen LogP contribution in [0.5, 0.6) is 0 Å². The molecule has 3 aliphatic heterocycles. The molecule has 188 valence electrons. The largest absolute Gasteiger partial charge is 0.370 e. The zero-order valence-corrected chi connectivity index (χ0v) is 21.3. The molecule has 0 aliphatic carbocycles. The summed E-state index contributed by atoms with van der Waals surface area (Å²) in [5.41, 5.74) is 4.04. The van der Waals surface area contributed by atoms with Crippen molar-refractivity contribution in [2.45, 2.75) is 58.7 Å². The first-order valence-corrected chi connectivity index (χ1v) is 12.7. The molecular weight excluding hydrogens is 454 g/mol. The summed E-state index contributed by atoms with van der Waals surface area (Å²) >= 11 is 0. The van der Waals surface area contributed by atoms with Crippen LogP contribution in [0.4, 0.5) is 5.82 Å². The first-order valence-electron chi connectivity index (χ1n) is 12.7. The molecule has 36 heavy (non-hydrogen) atoms. The van der Waals surface area contributed by atoms with Gasteiger partial charge >= 0.3 is 0 Å². The second kappa shape index (κ2) is 8.90. The number of hydrogen-bond acceptors (Lipinski definition) is 6. The van der Waals surface area contributed by atoms with E-state index < -0.39 is 0 Å². The van der Waals surface area contributed by atoms with Gasteiger partial charge in [0, 0.05) is 67.0 Å². The predicted octanol–water partition coefficient (Wildman–Crippen LogP) is 3.34. The minimum Gasteiger partial charge on any atom is -0.370 e. The van der Waals surface area contributed by atoms with Gasteiger partial charge in [-0.25, -0.2) is 4.98 Å². The van der Waals surface area contributed by atoms with E-state index in [0.717, 1.165) is 54.9 Å². The number of nitriles is 1. The van der Waals surface area contributed by atoms with Crippen molar-refractivity contribution in [1.29, 1.82) is 5.26 Å². The Labute approximate surface area is 211 Å². The van der Waals surface area contributed by atoms with E-state index in [9.17, 15) is 14.9 Å². The average Bonchev–Trinajstić information content (AvgIpc) is 3.26. The zero-order chi connectivity index (χ0) is 25.7. The van der Waals surface area contributed by atoms with Crippen LogP contribution in [-0.2, 0) is 29.0 Å². The number of H-pyrrole nitrogens is 1. The molecule has 0 saturated carbocycles. The second-order valence-electron chi connectivity index (χ2n) is 11.0. The van der Waals surface area contributed by atoms with E-state index in [1.54, 1.807) is 12.1 Å². The highest BCUT2D eigenvalue weighted by atomic mass is 16.5. The number of aromatic amines is 1. The Morgan fingerprint density at radius 2 is 2.11 bits per heavy atom. The lowest BCUT2D eigenvalue weighted by Gasteiger charge is -2.47. The molecule has 2 saturated heterocycles. The van der Waals surface area contributed by atoms with Crippen LogP contribution >= 0.6 is 0 Å². The Morgan fingerprint density at radius 1 is 1.33 bits per heavy atom. The number of hydrogen-bond donors (Lipinski definition) is 1. The Kier molecular flexibility index (Phi) is 6.00. The molecule has 1 amide bonds. The molecule has 5 rings (SSSR count). The molecule has 8 heteroatoms. The van der Waals surface area contributed by atoms with E-state index in [4.69, 9.17) is 9.72 Å². The van der Waals surface area contributed by atoms with E-state index in [2.05, 4.69) is 29.5 Å². The third-order valence-corrected chi connectivity index (χ3v) is 7.64. The van der Waals surface area contributed by atoms with Crippen molar-refractivity contribution in [2.75, 3.05) is 31.1 Å². The van der Waals surface area contributed by atoms with Crippen molar-refractivity contribution in [3.63, 3.8) is 0 Å². The number of aromatic nitrogens is 2. The number of likely N-dealkylation sites (tertiary alicyclic amines) is 1. The molecular formula is C28H33N5O3. The van der Waals surface area contributed by atoms with Crippen LogP contribution in [0.3, 0.4) is 0 Å². The Morgan fingerprint density at radius 3 is 2.81 bits per heavy atom. The lowest BCUT2D eigenvalue weighted by atomic mass is 9.79. The lowest BCUT2D eigenvalue weighted by Crippen LogP contribution is -2.59. The molecule has 0 aromatic carbocycles. The highest BCUT2D eigenvalue weighted by Crippen LogP contribution is 2.44. The van der Waals surface area contributed by atoms with Crippen molar-refractivity contribution in [2.24, 2.45) is 5.41 Å². The highest BCUT2D eigenvalue weighted by Gasteiger charge is 2.49. The first-order chi connectivity index (χ1) is 17.2. The van der Waals surface area contributed by atoms with Gasteiger partial charge in [0.05, 0.1) is 23.6 Å². The molecule has 0 radical (unpaired) electrons. The quantitative estimate of drug-likeness (QED) is 0.649. The van der Waals surface area contributed by atoms with Crippen molar-refractivity contribution in [3.8, 4) is 17.3 Å². The molecule has 2 aromatic heterocycles. The molecule has 0 bridgehead atoms. The van der Waals surface area contributed by atoms with Crippen LogP contribution in [0.2, 0.25) is 0 Å².